The van der Waals surface area contributed by atoms with Gasteiger partial charge in [0.05, 0.1) is 39.4 Å². The normalized spacial score (nSPS) is 11.2. The van der Waals surface area contributed by atoms with E-state index in [0.717, 1.165) is 16.6 Å². The van der Waals surface area contributed by atoms with Gasteiger partial charge >= 0.3 is 0 Å². The van der Waals surface area contributed by atoms with Crippen LogP contribution in [0, 0.1) is 0 Å². The number of nitrogens with zero attached hydrogens (tertiary/aromatic N) is 3. The van der Waals surface area contributed by atoms with Gasteiger partial charge in [0, 0.05) is 29.5 Å². The maximum atomic E-state index is 4.49. The Hall–Kier alpha value is -1.95. The SMILES string of the molecule is In1c2cc(-c3cccnc3)ccc2c2ncccc21. The highest BCUT2D eigenvalue weighted by atomic mass is 127. The van der Waals surface area contributed by atoms with E-state index in [4.69, 9.17) is 0 Å². The lowest BCUT2D eigenvalue weighted by atomic mass is 10.1. The summed E-state index contributed by atoms with van der Waals surface area (Å²) in [6.07, 6.45) is 5.52. The number of rotatable bonds is 1. The van der Waals surface area contributed by atoms with Crippen LogP contribution in [-0.2, 0) is 0 Å². The summed E-state index contributed by atoms with van der Waals surface area (Å²) in [6.45, 7) is 0. The van der Waals surface area contributed by atoms with E-state index in [1.807, 2.05) is 24.5 Å². The Kier molecular flexibility index (Phi) is 2.70. The Morgan fingerprint density at radius 1 is 0.900 bits per heavy atom. The zero-order chi connectivity index (χ0) is 13.5. The number of hydrogen-bond donors (Lipinski definition) is 0. The predicted octanol–water partition coefficient (Wildman–Crippen LogP) is 4.45. The van der Waals surface area contributed by atoms with Crippen molar-refractivity contribution in [2.75, 3.05) is 0 Å². The van der Waals surface area contributed by atoms with Crippen molar-refractivity contribution in [3.63, 3.8) is 0 Å². The van der Waals surface area contributed by atoms with Gasteiger partial charge in [0.15, 0.2) is 0 Å². The number of pyridine rings is 2. The molecule has 0 saturated carbocycles. The third kappa shape index (κ3) is 1.71. The molecule has 0 bridgehead atoms. The monoisotopic (exact) mass is 371 g/mol. The van der Waals surface area contributed by atoms with Crippen LogP contribution in [0.1, 0.15) is 0 Å². The summed E-state index contributed by atoms with van der Waals surface area (Å²) in [4.78, 5) is 8.68. The van der Waals surface area contributed by atoms with Gasteiger partial charge < -0.3 is 0 Å². The molecule has 3 aromatic heterocycles. The average molecular weight is 371 g/mol. The number of aromatic nitrogens is 3. The zero-order valence-corrected chi connectivity index (χ0v) is 12.7. The third-order valence-corrected chi connectivity index (χ3v) is 4.50. The van der Waals surface area contributed by atoms with Gasteiger partial charge in [0.1, 0.15) is 0 Å². The first kappa shape index (κ1) is 11.8. The van der Waals surface area contributed by atoms with E-state index in [1.54, 1.807) is 6.20 Å². The van der Waals surface area contributed by atoms with Crippen molar-refractivity contribution in [1.29, 1.82) is 0 Å². The molecule has 96 valence electrons. The highest BCUT2D eigenvalue weighted by Gasteiger charge is 2.10. The van der Waals surface area contributed by atoms with Gasteiger partial charge in [-0.1, -0.05) is 12.1 Å². The number of benzene rings is 1. The van der Waals surface area contributed by atoms with Gasteiger partial charge in [-0.25, -0.2) is 0 Å². The van der Waals surface area contributed by atoms with Crippen molar-refractivity contribution in [1.82, 2.24) is 12.7 Å². The van der Waals surface area contributed by atoms with Gasteiger partial charge in [0.2, 0.25) is 0 Å². The van der Waals surface area contributed by atoms with Crippen LogP contribution in [-0.4, -0.2) is 12.7 Å². The fourth-order valence-electron chi connectivity index (χ4n) is 2.50. The van der Waals surface area contributed by atoms with E-state index >= 15 is 0 Å². The van der Waals surface area contributed by atoms with Crippen LogP contribution in [0.5, 0.6) is 0 Å². The zero-order valence-electron chi connectivity index (χ0n) is 10.5. The Morgan fingerprint density at radius 2 is 1.80 bits per heavy atom. The number of fused-ring (bicyclic) bond motifs is 3. The third-order valence-electron chi connectivity index (χ3n) is 3.46. The minimum Gasteiger partial charge on any atom is -0.280 e. The molecule has 0 aliphatic heterocycles. The largest absolute Gasteiger partial charge is 0.280 e. The van der Waals surface area contributed by atoms with Gasteiger partial charge in [0.25, 0.3) is 0 Å². The maximum absolute atomic E-state index is 4.49. The lowest BCUT2D eigenvalue weighted by molar-refractivity contribution is 1.33. The first-order valence-electron chi connectivity index (χ1n) is 6.30. The average Bonchev–Trinajstić information content (AvgIpc) is 2.81. The molecule has 0 spiro atoms. The van der Waals surface area contributed by atoms with Gasteiger partial charge in [-0.05, 0) is 35.9 Å². The van der Waals surface area contributed by atoms with Gasteiger partial charge in [-0.3, -0.25) is 12.7 Å². The molecule has 0 atom stereocenters. The molecule has 0 radical (unpaired) electrons. The minimum atomic E-state index is 1.05. The van der Waals surface area contributed by atoms with E-state index in [9.17, 15) is 0 Å². The summed E-state index contributed by atoms with van der Waals surface area (Å²) in [5, 5.41) is 1.18. The molecule has 4 aromatic rings. The van der Waals surface area contributed by atoms with Crippen LogP contribution in [0.25, 0.3) is 33.1 Å². The van der Waals surface area contributed by atoms with Crippen molar-refractivity contribution in [2.24, 2.45) is 0 Å². The fourth-order valence-corrected chi connectivity index (χ4v) is 3.29. The first-order chi connectivity index (χ1) is 9.84. The second-order valence-electron chi connectivity index (χ2n) is 4.63. The van der Waals surface area contributed by atoms with E-state index in [1.165, 1.54) is 16.5 Å². The van der Waals surface area contributed by atoms with Crippen LogP contribution in [0.4, 0.5) is 0 Å². The van der Waals surface area contributed by atoms with E-state index < -0.39 is 0 Å². The molecule has 0 aliphatic rings. The Labute approximate surface area is 129 Å². The van der Waals surface area contributed by atoms with Gasteiger partial charge in [-0.2, -0.15) is 0 Å². The molecule has 0 amide bonds. The minimum absolute atomic E-state index is 1.05. The second-order valence-corrected chi connectivity index (χ2v) is 5.59. The highest BCUT2D eigenvalue weighted by molar-refractivity contribution is 14.1. The Bertz CT molecular complexity index is 913. The summed E-state index contributed by atoms with van der Waals surface area (Å²) in [5.41, 5.74) is 5.68. The van der Waals surface area contributed by atoms with Crippen molar-refractivity contribution in [2.45, 2.75) is 0 Å². The highest BCUT2D eigenvalue weighted by Crippen LogP contribution is 2.32. The van der Waals surface area contributed by atoms with Crippen molar-refractivity contribution < 1.29 is 0 Å². The lowest BCUT2D eigenvalue weighted by Crippen LogP contribution is -1.81. The van der Waals surface area contributed by atoms with Crippen LogP contribution >= 0.6 is 22.9 Å². The van der Waals surface area contributed by atoms with E-state index in [-0.39, 0.29) is 0 Å². The Morgan fingerprint density at radius 3 is 2.65 bits per heavy atom. The summed E-state index contributed by atoms with van der Waals surface area (Å²) in [6, 6.07) is 14.6. The van der Waals surface area contributed by atoms with Crippen LogP contribution < -0.4 is 0 Å². The van der Waals surface area contributed by atoms with Crippen molar-refractivity contribution in [3.05, 3.63) is 61.1 Å². The fraction of sp³-hybridized carbons (Fsp3) is 0. The molecular weight excluding hydrogens is 361 g/mol. The maximum Gasteiger partial charge on any atom is 0.0967 e. The molecule has 0 saturated heterocycles. The van der Waals surface area contributed by atoms with Crippen molar-refractivity contribution >= 4 is 44.8 Å². The topological polar surface area (TPSA) is 30.7 Å². The second kappa shape index (κ2) is 4.56. The molecule has 4 rings (SSSR count). The number of hydrogen-bond acceptors (Lipinski definition) is 2. The first-order valence-corrected chi connectivity index (χ1v) is 7.27. The quantitative estimate of drug-likeness (QED) is 0.463. The Balaban J connectivity index is 2.05. The van der Waals surface area contributed by atoms with E-state index in [0.29, 0.717) is 0 Å². The molecule has 1 aromatic carbocycles. The molecule has 0 aliphatic carbocycles. The van der Waals surface area contributed by atoms with Crippen LogP contribution in [0.15, 0.2) is 61.1 Å². The molecule has 0 unspecified atom stereocenters. The molecule has 20 heavy (non-hydrogen) atoms. The predicted molar refractivity (Wildman–Crippen MR) is 89.9 cm³/mol. The summed E-state index contributed by atoms with van der Waals surface area (Å²) >= 11 is 2.33. The molecule has 0 fully saturated rings. The van der Waals surface area contributed by atoms with Crippen molar-refractivity contribution in [3.8, 4) is 11.1 Å². The lowest BCUT2D eigenvalue weighted by Gasteiger charge is -2.02. The smallest absolute Gasteiger partial charge is 0.0967 e. The number of halogens is 1. The molecule has 3 nitrogen and oxygen atoms in total. The molecule has 3 heterocycles. The van der Waals surface area contributed by atoms with Crippen LogP contribution in [0.3, 0.4) is 0 Å². The summed E-state index contributed by atoms with van der Waals surface area (Å²) in [7, 11) is 0. The van der Waals surface area contributed by atoms with E-state index in [2.05, 4.69) is 65.9 Å². The summed E-state index contributed by atoms with van der Waals surface area (Å²) in [5.74, 6) is 0. The molecule has 4 heteroatoms. The molecular formula is C16H10IN3. The standard InChI is InChI=1S/C16H10IN3/c17-20-14-4-2-8-19-16(14)13-6-5-11(9-15(13)20)12-3-1-7-18-10-12/h1-10H. The van der Waals surface area contributed by atoms with Crippen LogP contribution in [0.2, 0.25) is 0 Å². The molecule has 0 N–H and O–H groups in total. The summed E-state index contributed by atoms with van der Waals surface area (Å²) < 4.78 is 2.16. The van der Waals surface area contributed by atoms with Gasteiger partial charge in [-0.15, -0.1) is 0 Å².